The van der Waals surface area contributed by atoms with Gasteiger partial charge in [-0.25, -0.2) is 4.79 Å². The molecule has 0 spiro atoms. The van der Waals surface area contributed by atoms with Gasteiger partial charge in [0, 0.05) is 37.7 Å². The lowest BCUT2D eigenvalue weighted by molar-refractivity contribution is 0.0953. The van der Waals surface area contributed by atoms with Gasteiger partial charge in [-0.2, -0.15) is 0 Å². The smallest absolute Gasteiger partial charge is 0.317 e. The molecule has 23 heavy (non-hydrogen) atoms. The topological polar surface area (TPSA) is 61.4 Å². The van der Waals surface area contributed by atoms with E-state index in [0.717, 1.165) is 31.4 Å². The number of likely N-dealkylation sites (tertiary alicyclic amines) is 1. The maximum absolute atomic E-state index is 12.1. The maximum atomic E-state index is 12.1. The molecule has 1 aromatic carbocycles. The lowest BCUT2D eigenvalue weighted by Crippen LogP contribution is -2.44. The molecule has 0 bridgehead atoms. The molecule has 2 rings (SSSR count). The molecule has 5 heteroatoms. The molecule has 2 N–H and O–H groups in total. The molecule has 3 amide bonds. The van der Waals surface area contributed by atoms with E-state index in [1.807, 2.05) is 36.9 Å². The molecule has 1 atom stereocenters. The number of nitrogens with one attached hydrogen (secondary N) is 2. The highest BCUT2D eigenvalue weighted by atomic mass is 16.2. The Balaban J connectivity index is 2.06. The molecule has 126 valence electrons. The number of hydrogen-bond donors (Lipinski definition) is 2. The fraction of sp³-hybridized carbons (Fsp3) is 0.556. The minimum absolute atomic E-state index is 0.00837. The van der Waals surface area contributed by atoms with Crippen molar-refractivity contribution in [1.82, 2.24) is 15.5 Å². The maximum Gasteiger partial charge on any atom is 0.317 e. The second kappa shape index (κ2) is 8.56. The molecule has 5 nitrogen and oxygen atoms in total. The number of piperidine rings is 1. The van der Waals surface area contributed by atoms with Gasteiger partial charge < -0.3 is 15.5 Å². The van der Waals surface area contributed by atoms with Gasteiger partial charge in [0.1, 0.15) is 0 Å². The van der Waals surface area contributed by atoms with Crippen molar-refractivity contribution in [1.29, 1.82) is 0 Å². The van der Waals surface area contributed by atoms with Crippen LogP contribution in [0.5, 0.6) is 0 Å². The van der Waals surface area contributed by atoms with Crippen LogP contribution in [0.15, 0.2) is 24.3 Å². The van der Waals surface area contributed by atoms with E-state index in [0.29, 0.717) is 31.1 Å². The van der Waals surface area contributed by atoms with Gasteiger partial charge in [-0.1, -0.05) is 19.1 Å². The Bertz CT molecular complexity index is 545. The summed E-state index contributed by atoms with van der Waals surface area (Å²) in [5, 5.41) is 5.77. The van der Waals surface area contributed by atoms with E-state index >= 15 is 0 Å². The van der Waals surface area contributed by atoms with E-state index < -0.39 is 0 Å². The van der Waals surface area contributed by atoms with Crippen LogP contribution in [0.4, 0.5) is 4.79 Å². The fourth-order valence-electron chi connectivity index (χ4n) is 2.97. The Labute approximate surface area is 138 Å². The highest BCUT2D eigenvalue weighted by molar-refractivity contribution is 5.94. The largest absolute Gasteiger partial charge is 0.352 e. The number of carbonyl (C=O) groups excluding carboxylic acids is 2. The van der Waals surface area contributed by atoms with Crippen molar-refractivity contribution < 1.29 is 9.59 Å². The van der Waals surface area contributed by atoms with E-state index in [1.165, 1.54) is 0 Å². The van der Waals surface area contributed by atoms with Crippen molar-refractivity contribution in [2.75, 3.05) is 26.2 Å². The van der Waals surface area contributed by atoms with Gasteiger partial charge in [-0.3, -0.25) is 4.79 Å². The molecule has 1 aromatic rings. The summed E-state index contributed by atoms with van der Waals surface area (Å²) >= 11 is 0. The van der Waals surface area contributed by atoms with Crippen LogP contribution in [0.25, 0.3) is 0 Å². The molecule has 0 aliphatic carbocycles. The molecule has 1 aliphatic heterocycles. The number of hydrogen-bond acceptors (Lipinski definition) is 2. The molecular formula is C18H27N3O2. The van der Waals surface area contributed by atoms with Crippen LogP contribution in [-0.4, -0.2) is 43.0 Å². The van der Waals surface area contributed by atoms with Gasteiger partial charge in [-0.05, 0) is 43.9 Å². The zero-order valence-electron chi connectivity index (χ0n) is 14.1. The molecule has 1 saturated heterocycles. The van der Waals surface area contributed by atoms with Gasteiger partial charge >= 0.3 is 6.03 Å². The molecule has 1 fully saturated rings. The summed E-state index contributed by atoms with van der Waals surface area (Å²) in [5.41, 5.74) is 1.84. The number of carbonyl (C=O) groups is 2. The van der Waals surface area contributed by atoms with Crippen molar-refractivity contribution in [2.45, 2.75) is 39.0 Å². The Morgan fingerprint density at radius 3 is 2.83 bits per heavy atom. The number of nitrogens with zero attached hydrogens (tertiary/aromatic N) is 1. The lowest BCUT2D eigenvalue weighted by atomic mass is 9.89. The van der Waals surface area contributed by atoms with Crippen molar-refractivity contribution >= 4 is 11.9 Å². The van der Waals surface area contributed by atoms with Crippen molar-refractivity contribution in [3.05, 3.63) is 35.4 Å². The Morgan fingerprint density at radius 1 is 1.26 bits per heavy atom. The zero-order chi connectivity index (χ0) is 16.7. The predicted molar refractivity (Wildman–Crippen MR) is 91.7 cm³/mol. The number of urea groups is 1. The third-order valence-corrected chi connectivity index (χ3v) is 4.19. The summed E-state index contributed by atoms with van der Waals surface area (Å²) in [6.45, 7) is 6.82. The summed E-state index contributed by atoms with van der Waals surface area (Å²) in [6, 6.07) is 7.81. The molecular weight excluding hydrogens is 290 g/mol. The number of benzene rings is 1. The van der Waals surface area contributed by atoms with Gasteiger partial charge in [0.15, 0.2) is 0 Å². The van der Waals surface area contributed by atoms with Gasteiger partial charge in [0.25, 0.3) is 5.91 Å². The first-order chi connectivity index (χ1) is 11.2. The third kappa shape index (κ3) is 4.71. The zero-order valence-corrected chi connectivity index (χ0v) is 14.1. The first-order valence-corrected chi connectivity index (χ1v) is 8.56. The van der Waals surface area contributed by atoms with Crippen LogP contribution in [0.1, 0.15) is 54.9 Å². The summed E-state index contributed by atoms with van der Waals surface area (Å²) in [4.78, 5) is 26.0. The van der Waals surface area contributed by atoms with Gasteiger partial charge in [-0.15, -0.1) is 0 Å². The molecule has 0 saturated carbocycles. The van der Waals surface area contributed by atoms with Gasteiger partial charge in [0.2, 0.25) is 0 Å². The van der Waals surface area contributed by atoms with Crippen molar-refractivity contribution in [3.8, 4) is 0 Å². The normalized spacial score (nSPS) is 17.7. The first-order valence-electron chi connectivity index (χ1n) is 8.56. The predicted octanol–water partition coefficient (Wildman–Crippen LogP) is 2.74. The number of rotatable bonds is 5. The minimum Gasteiger partial charge on any atom is -0.352 e. The Morgan fingerprint density at radius 2 is 2.09 bits per heavy atom. The highest BCUT2D eigenvalue weighted by Crippen LogP contribution is 2.27. The lowest BCUT2D eigenvalue weighted by Gasteiger charge is -2.33. The summed E-state index contributed by atoms with van der Waals surface area (Å²) in [7, 11) is 0. The average Bonchev–Trinajstić information content (AvgIpc) is 2.60. The van der Waals surface area contributed by atoms with Crippen LogP contribution in [0.3, 0.4) is 0 Å². The molecule has 0 unspecified atom stereocenters. The van der Waals surface area contributed by atoms with E-state index in [2.05, 4.69) is 16.7 Å². The quantitative estimate of drug-likeness (QED) is 0.877. The fourth-order valence-corrected chi connectivity index (χ4v) is 2.97. The van der Waals surface area contributed by atoms with E-state index in [-0.39, 0.29) is 11.9 Å². The second-order valence-corrected chi connectivity index (χ2v) is 6.00. The van der Waals surface area contributed by atoms with Crippen LogP contribution in [0.2, 0.25) is 0 Å². The summed E-state index contributed by atoms with van der Waals surface area (Å²) in [6.07, 6.45) is 2.97. The number of amides is 3. The van der Waals surface area contributed by atoms with Crippen LogP contribution in [-0.2, 0) is 0 Å². The monoisotopic (exact) mass is 317 g/mol. The van der Waals surface area contributed by atoms with Crippen LogP contribution >= 0.6 is 0 Å². The summed E-state index contributed by atoms with van der Waals surface area (Å²) < 4.78 is 0. The SMILES string of the molecule is CCCNC(=O)c1cccc([C@@H]2CCCN(C(=O)NCC)C2)c1. The van der Waals surface area contributed by atoms with Crippen LogP contribution < -0.4 is 10.6 Å². The Hall–Kier alpha value is -2.04. The van der Waals surface area contributed by atoms with E-state index in [1.54, 1.807) is 0 Å². The third-order valence-electron chi connectivity index (χ3n) is 4.19. The summed E-state index contributed by atoms with van der Waals surface area (Å²) in [5.74, 6) is 0.273. The van der Waals surface area contributed by atoms with Gasteiger partial charge in [0.05, 0.1) is 0 Å². The van der Waals surface area contributed by atoms with E-state index in [9.17, 15) is 9.59 Å². The van der Waals surface area contributed by atoms with Crippen molar-refractivity contribution in [3.63, 3.8) is 0 Å². The minimum atomic E-state index is -0.0231. The average molecular weight is 317 g/mol. The van der Waals surface area contributed by atoms with Crippen LogP contribution in [0, 0.1) is 0 Å². The highest BCUT2D eigenvalue weighted by Gasteiger charge is 2.24. The first kappa shape index (κ1) is 17.3. The van der Waals surface area contributed by atoms with E-state index in [4.69, 9.17) is 0 Å². The standard InChI is InChI=1S/C18H27N3O2/c1-3-10-20-17(22)15-8-5-7-14(12-15)16-9-6-11-21(13-16)18(23)19-4-2/h5,7-8,12,16H,3-4,6,9-11,13H2,1-2H3,(H,19,23)(H,20,22)/t16-/m1/s1. The molecule has 0 aromatic heterocycles. The molecule has 1 heterocycles. The van der Waals surface area contributed by atoms with Crippen molar-refractivity contribution in [2.24, 2.45) is 0 Å². The molecule has 0 radical (unpaired) electrons. The second-order valence-electron chi connectivity index (χ2n) is 6.00. The Kier molecular flexibility index (Phi) is 6.44. The molecule has 1 aliphatic rings.